The predicted octanol–water partition coefficient (Wildman–Crippen LogP) is 4.79. The predicted molar refractivity (Wildman–Crippen MR) is 84.9 cm³/mol. The van der Waals surface area contributed by atoms with E-state index in [9.17, 15) is 4.79 Å². The number of carbonyl (C=O) groups excluding carboxylic acids is 1. The summed E-state index contributed by atoms with van der Waals surface area (Å²) in [5.41, 5.74) is 8.00. The van der Waals surface area contributed by atoms with E-state index in [1.165, 1.54) is 11.3 Å². The molecular formula is C14H13Cl2NO2S. The van der Waals surface area contributed by atoms with Crippen LogP contribution in [0.5, 0.6) is 0 Å². The van der Waals surface area contributed by atoms with Crippen molar-refractivity contribution in [3.05, 3.63) is 38.7 Å². The quantitative estimate of drug-likeness (QED) is 0.823. The molecule has 2 N–H and O–H groups in total. The van der Waals surface area contributed by atoms with Gasteiger partial charge in [-0.1, -0.05) is 35.3 Å². The van der Waals surface area contributed by atoms with Crippen molar-refractivity contribution in [2.75, 3.05) is 12.3 Å². The minimum atomic E-state index is -0.414. The highest BCUT2D eigenvalue weighted by molar-refractivity contribution is 7.18. The summed E-state index contributed by atoms with van der Waals surface area (Å²) in [5.74, 6) is -0.414. The molecule has 0 aliphatic carbocycles. The van der Waals surface area contributed by atoms with E-state index in [-0.39, 0.29) is 0 Å². The highest BCUT2D eigenvalue weighted by atomic mass is 35.5. The minimum absolute atomic E-state index is 0.308. The van der Waals surface area contributed by atoms with Crippen molar-refractivity contribution in [3.63, 3.8) is 0 Å². The number of esters is 1. The monoisotopic (exact) mass is 329 g/mol. The van der Waals surface area contributed by atoms with Gasteiger partial charge in [0.2, 0.25) is 0 Å². The van der Waals surface area contributed by atoms with Crippen LogP contribution in [0.4, 0.5) is 5.69 Å². The van der Waals surface area contributed by atoms with E-state index < -0.39 is 5.97 Å². The van der Waals surface area contributed by atoms with Gasteiger partial charge in [-0.3, -0.25) is 0 Å². The van der Waals surface area contributed by atoms with Gasteiger partial charge in [-0.15, -0.1) is 11.3 Å². The summed E-state index contributed by atoms with van der Waals surface area (Å²) >= 11 is 13.5. The number of halogens is 2. The summed E-state index contributed by atoms with van der Waals surface area (Å²) < 4.78 is 5.00. The van der Waals surface area contributed by atoms with Crippen LogP contribution in [0, 0.1) is 6.92 Å². The van der Waals surface area contributed by atoms with Crippen LogP contribution in [0.1, 0.15) is 22.2 Å². The van der Waals surface area contributed by atoms with Crippen LogP contribution >= 0.6 is 34.5 Å². The smallest absolute Gasteiger partial charge is 0.350 e. The zero-order valence-corrected chi connectivity index (χ0v) is 13.3. The summed E-state index contributed by atoms with van der Waals surface area (Å²) in [6.07, 6.45) is 0. The average molecular weight is 330 g/mol. The topological polar surface area (TPSA) is 52.3 Å². The van der Waals surface area contributed by atoms with Gasteiger partial charge in [-0.25, -0.2) is 4.79 Å². The summed E-state index contributed by atoms with van der Waals surface area (Å²) in [6.45, 7) is 3.91. The number of benzene rings is 1. The van der Waals surface area contributed by atoms with Gasteiger partial charge < -0.3 is 10.5 Å². The molecule has 0 saturated carbocycles. The molecule has 106 valence electrons. The molecule has 0 bridgehead atoms. The van der Waals surface area contributed by atoms with E-state index >= 15 is 0 Å². The molecule has 0 radical (unpaired) electrons. The number of ether oxygens (including phenoxy) is 1. The molecule has 1 aromatic carbocycles. The third-order valence-corrected chi connectivity index (χ3v) is 4.99. The molecule has 0 amide bonds. The summed E-state index contributed by atoms with van der Waals surface area (Å²) in [7, 11) is 0. The SMILES string of the molecule is CCOC(=O)c1sc(-c2cccc(Cl)c2Cl)c(C)c1N. The Hall–Kier alpha value is -1.23. The molecule has 0 atom stereocenters. The summed E-state index contributed by atoms with van der Waals surface area (Å²) in [5, 5.41) is 0.919. The van der Waals surface area contributed by atoms with Gasteiger partial charge >= 0.3 is 5.97 Å². The fourth-order valence-corrected chi connectivity index (χ4v) is 3.41. The van der Waals surface area contributed by atoms with Crippen LogP contribution in [-0.4, -0.2) is 12.6 Å². The second-order valence-electron chi connectivity index (χ2n) is 4.12. The molecule has 1 aromatic heterocycles. The first kappa shape index (κ1) is 15.2. The standard InChI is InChI=1S/C14H13Cl2NO2S/c1-3-19-14(18)13-11(17)7(2)12(20-13)8-5-4-6-9(15)10(8)16/h4-6H,3,17H2,1-2H3. The molecule has 0 aliphatic rings. The average Bonchev–Trinajstić information content (AvgIpc) is 2.70. The normalized spacial score (nSPS) is 10.6. The third kappa shape index (κ3) is 2.64. The molecule has 3 nitrogen and oxygen atoms in total. The number of nitrogen functional groups attached to an aromatic ring is 1. The van der Waals surface area contributed by atoms with Crippen molar-refractivity contribution >= 4 is 46.2 Å². The van der Waals surface area contributed by atoms with Crippen LogP contribution in [0.2, 0.25) is 10.0 Å². The van der Waals surface area contributed by atoms with Gasteiger partial charge in [-0.2, -0.15) is 0 Å². The largest absolute Gasteiger partial charge is 0.462 e. The second-order valence-corrected chi connectivity index (χ2v) is 5.93. The van der Waals surface area contributed by atoms with Gasteiger partial charge in [0.05, 0.1) is 22.3 Å². The zero-order valence-electron chi connectivity index (χ0n) is 11.0. The van der Waals surface area contributed by atoms with Gasteiger partial charge in [0.15, 0.2) is 0 Å². The number of thiophene rings is 1. The lowest BCUT2D eigenvalue weighted by Crippen LogP contribution is -2.05. The van der Waals surface area contributed by atoms with Crippen molar-refractivity contribution in [1.82, 2.24) is 0 Å². The molecule has 0 saturated heterocycles. The Kier molecular flexibility index (Phi) is 4.58. The highest BCUT2D eigenvalue weighted by Gasteiger charge is 2.21. The van der Waals surface area contributed by atoms with Crippen molar-refractivity contribution in [2.24, 2.45) is 0 Å². The first-order valence-electron chi connectivity index (χ1n) is 5.97. The number of rotatable bonds is 3. The molecule has 0 unspecified atom stereocenters. The lowest BCUT2D eigenvalue weighted by atomic mass is 10.1. The Morgan fingerprint density at radius 2 is 2.10 bits per heavy atom. The van der Waals surface area contributed by atoms with Crippen molar-refractivity contribution in [3.8, 4) is 10.4 Å². The van der Waals surface area contributed by atoms with Crippen LogP contribution in [0.25, 0.3) is 10.4 Å². The molecule has 0 spiro atoms. The number of nitrogens with two attached hydrogens (primary N) is 1. The van der Waals surface area contributed by atoms with Gasteiger partial charge in [0, 0.05) is 10.4 Å². The molecular weight excluding hydrogens is 317 g/mol. The van der Waals surface area contributed by atoms with Gasteiger partial charge in [0.25, 0.3) is 0 Å². The fourth-order valence-electron chi connectivity index (χ4n) is 1.81. The third-order valence-electron chi connectivity index (χ3n) is 2.85. The van der Waals surface area contributed by atoms with E-state index in [1.807, 2.05) is 19.1 Å². The molecule has 0 fully saturated rings. The summed E-state index contributed by atoms with van der Waals surface area (Å²) in [6, 6.07) is 5.37. The van der Waals surface area contributed by atoms with E-state index in [2.05, 4.69) is 0 Å². The molecule has 2 aromatic rings. The number of anilines is 1. The van der Waals surface area contributed by atoms with Crippen molar-refractivity contribution < 1.29 is 9.53 Å². The molecule has 20 heavy (non-hydrogen) atoms. The van der Waals surface area contributed by atoms with Crippen LogP contribution in [-0.2, 0) is 4.74 Å². The van der Waals surface area contributed by atoms with Crippen molar-refractivity contribution in [2.45, 2.75) is 13.8 Å². The van der Waals surface area contributed by atoms with Crippen LogP contribution in [0.15, 0.2) is 18.2 Å². The number of hydrogen-bond donors (Lipinski definition) is 1. The van der Waals surface area contributed by atoms with E-state index in [1.54, 1.807) is 13.0 Å². The van der Waals surface area contributed by atoms with Crippen LogP contribution < -0.4 is 5.73 Å². The number of carbonyl (C=O) groups is 1. The fraction of sp³-hybridized carbons (Fsp3) is 0.214. The minimum Gasteiger partial charge on any atom is -0.462 e. The van der Waals surface area contributed by atoms with E-state index in [0.717, 1.165) is 16.0 Å². The maximum atomic E-state index is 11.9. The lowest BCUT2D eigenvalue weighted by Gasteiger charge is -2.04. The van der Waals surface area contributed by atoms with Gasteiger partial charge in [-0.05, 0) is 25.5 Å². The van der Waals surface area contributed by atoms with Gasteiger partial charge in [0.1, 0.15) is 4.88 Å². The Morgan fingerprint density at radius 3 is 2.75 bits per heavy atom. The maximum absolute atomic E-state index is 11.9. The molecule has 6 heteroatoms. The van der Waals surface area contributed by atoms with E-state index in [4.69, 9.17) is 33.7 Å². The van der Waals surface area contributed by atoms with Crippen molar-refractivity contribution in [1.29, 1.82) is 0 Å². The Balaban J connectivity index is 2.56. The van der Waals surface area contributed by atoms with E-state index in [0.29, 0.717) is 27.2 Å². The Bertz CT molecular complexity index is 667. The van der Waals surface area contributed by atoms with Crippen LogP contribution in [0.3, 0.4) is 0 Å². The zero-order chi connectivity index (χ0) is 14.9. The Morgan fingerprint density at radius 1 is 1.40 bits per heavy atom. The lowest BCUT2D eigenvalue weighted by molar-refractivity contribution is 0.0533. The first-order chi connectivity index (χ1) is 9.47. The number of hydrogen-bond acceptors (Lipinski definition) is 4. The first-order valence-corrected chi connectivity index (χ1v) is 7.55. The summed E-state index contributed by atoms with van der Waals surface area (Å²) in [4.78, 5) is 13.1. The molecule has 0 aliphatic heterocycles. The maximum Gasteiger partial charge on any atom is 0.350 e. The molecule has 2 rings (SSSR count). The highest BCUT2D eigenvalue weighted by Crippen LogP contribution is 2.42. The molecule has 1 heterocycles. The Labute approximate surface area is 131 Å². The second kappa shape index (κ2) is 6.04.